The molecule has 0 saturated heterocycles. The van der Waals surface area contributed by atoms with E-state index in [4.69, 9.17) is 9.98 Å². The number of benzene rings is 5. The van der Waals surface area contributed by atoms with Gasteiger partial charge in [-0.1, -0.05) is 72.3 Å². The van der Waals surface area contributed by atoms with Gasteiger partial charge in [0, 0.05) is 5.69 Å². The standard InChI is InChI=1S/C32H20N2.Pt/c1-2-12-24(13-3-1)32-28-17-7-5-14-25(28)21-26(34-32)22-33-31-20-9-8-18-30(31)29-19-10-15-23-11-4-6-16-27(23)29;/h1-12,14-18,20-22H;/q-2;+2. The molecule has 0 aliphatic heterocycles. The summed E-state index contributed by atoms with van der Waals surface area (Å²) in [5.74, 6) is 0. The van der Waals surface area contributed by atoms with Crippen LogP contribution in [0.1, 0.15) is 5.69 Å². The first-order chi connectivity index (χ1) is 16.9. The average Bonchev–Trinajstić information content (AvgIpc) is 2.92. The van der Waals surface area contributed by atoms with E-state index in [2.05, 4.69) is 66.7 Å². The van der Waals surface area contributed by atoms with Crippen LogP contribution in [0.2, 0.25) is 0 Å². The van der Waals surface area contributed by atoms with E-state index >= 15 is 0 Å². The predicted molar refractivity (Wildman–Crippen MR) is 141 cm³/mol. The first-order valence-corrected chi connectivity index (χ1v) is 11.3. The Kier molecular flexibility index (Phi) is 6.66. The number of nitrogens with zero attached hydrogens (tertiary/aromatic N) is 2. The Bertz CT molecular complexity index is 1650. The second-order valence-electron chi connectivity index (χ2n) is 8.11. The van der Waals surface area contributed by atoms with Gasteiger partial charge in [-0.15, -0.1) is 70.4 Å². The number of rotatable bonds is 4. The molecule has 168 valence electrons. The van der Waals surface area contributed by atoms with Crippen molar-refractivity contribution in [2.24, 2.45) is 4.99 Å². The van der Waals surface area contributed by atoms with E-state index in [1.54, 1.807) is 0 Å². The second-order valence-corrected chi connectivity index (χ2v) is 8.11. The van der Waals surface area contributed by atoms with Crippen LogP contribution in [0.5, 0.6) is 0 Å². The monoisotopic (exact) mass is 627 g/mol. The van der Waals surface area contributed by atoms with Gasteiger partial charge in [-0.2, -0.15) is 0 Å². The Morgan fingerprint density at radius 2 is 1.40 bits per heavy atom. The number of aromatic nitrogens is 1. The Labute approximate surface area is 219 Å². The Morgan fingerprint density at radius 1 is 0.657 bits per heavy atom. The Morgan fingerprint density at radius 3 is 2.26 bits per heavy atom. The van der Waals surface area contributed by atoms with E-state index in [0.717, 1.165) is 44.5 Å². The molecule has 0 spiro atoms. The summed E-state index contributed by atoms with van der Waals surface area (Å²) in [5, 5.41) is 4.59. The van der Waals surface area contributed by atoms with E-state index in [9.17, 15) is 0 Å². The molecule has 0 bridgehead atoms. The minimum absolute atomic E-state index is 0. The number of hydrogen-bond donors (Lipinski definition) is 0. The maximum Gasteiger partial charge on any atom is 2.00 e. The third kappa shape index (κ3) is 4.58. The van der Waals surface area contributed by atoms with E-state index in [1.807, 2.05) is 66.9 Å². The normalized spacial score (nSPS) is 11.1. The molecule has 6 rings (SSSR count). The van der Waals surface area contributed by atoms with Gasteiger partial charge >= 0.3 is 21.1 Å². The zero-order valence-electron chi connectivity index (χ0n) is 18.8. The van der Waals surface area contributed by atoms with Crippen molar-refractivity contribution < 1.29 is 21.1 Å². The summed E-state index contributed by atoms with van der Waals surface area (Å²) in [5.41, 5.74) is 5.68. The van der Waals surface area contributed by atoms with Gasteiger partial charge in [-0.25, -0.2) is 0 Å². The van der Waals surface area contributed by atoms with Crippen molar-refractivity contribution in [2.75, 3.05) is 0 Å². The zero-order chi connectivity index (χ0) is 22.7. The molecular weight excluding hydrogens is 607 g/mol. The van der Waals surface area contributed by atoms with Gasteiger partial charge < -0.3 is 0 Å². The number of aliphatic imine (C=N–C) groups is 1. The molecule has 0 amide bonds. The van der Waals surface area contributed by atoms with Crippen molar-refractivity contribution in [3.05, 3.63) is 133 Å². The van der Waals surface area contributed by atoms with Gasteiger partial charge in [0.2, 0.25) is 0 Å². The van der Waals surface area contributed by atoms with E-state index in [1.165, 1.54) is 10.8 Å². The first kappa shape index (κ1) is 22.9. The van der Waals surface area contributed by atoms with Crippen LogP contribution < -0.4 is 0 Å². The summed E-state index contributed by atoms with van der Waals surface area (Å²) >= 11 is 0. The molecule has 0 aliphatic rings. The van der Waals surface area contributed by atoms with Crippen LogP contribution in [-0.4, -0.2) is 11.2 Å². The van der Waals surface area contributed by atoms with Crippen molar-refractivity contribution in [2.45, 2.75) is 0 Å². The molecule has 0 atom stereocenters. The third-order valence-electron chi connectivity index (χ3n) is 5.95. The largest absolute Gasteiger partial charge is 2.00 e. The van der Waals surface area contributed by atoms with Crippen molar-refractivity contribution >= 4 is 33.4 Å². The fourth-order valence-electron chi connectivity index (χ4n) is 4.35. The molecule has 1 heterocycles. The number of fused-ring (bicyclic) bond motifs is 2. The third-order valence-corrected chi connectivity index (χ3v) is 5.95. The molecule has 3 heteroatoms. The van der Waals surface area contributed by atoms with Gasteiger partial charge in [0.05, 0.1) is 11.9 Å². The van der Waals surface area contributed by atoms with Crippen LogP contribution in [0.3, 0.4) is 0 Å². The Balaban J connectivity index is 0.00000253. The van der Waals surface area contributed by atoms with Crippen LogP contribution in [-0.2, 0) is 21.1 Å². The fourth-order valence-corrected chi connectivity index (χ4v) is 4.35. The van der Waals surface area contributed by atoms with Crippen LogP contribution in [0.4, 0.5) is 5.69 Å². The molecule has 1 aromatic heterocycles. The number of hydrogen-bond acceptors (Lipinski definition) is 2. The maximum absolute atomic E-state index is 4.95. The molecule has 35 heavy (non-hydrogen) atoms. The average molecular weight is 628 g/mol. The van der Waals surface area contributed by atoms with E-state index in [-0.39, 0.29) is 21.1 Å². The molecule has 0 fully saturated rings. The molecule has 0 aliphatic carbocycles. The van der Waals surface area contributed by atoms with E-state index in [0.29, 0.717) is 0 Å². The van der Waals surface area contributed by atoms with Crippen LogP contribution in [0.25, 0.3) is 43.9 Å². The molecule has 0 N–H and O–H groups in total. The van der Waals surface area contributed by atoms with E-state index < -0.39 is 0 Å². The van der Waals surface area contributed by atoms with Gasteiger partial charge in [0.25, 0.3) is 0 Å². The molecule has 0 radical (unpaired) electrons. The van der Waals surface area contributed by atoms with Gasteiger partial charge in [-0.05, 0) is 28.6 Å². The van der Waals surface area contributed by atoms with Crippen molar-refractivity contribution in [1.29, 1.82) is 0 Å². The minimum Gasteiger partial charge on any atom is -0.295 e. The minimum atomic E-state index is 0. The second kappa shape index (κ2) is 10.2. The summed E-state index contributed by atoms with van der Waals surface area (Å²) in [6.45, 7) is 0. The smallest absolute Gasteiger partial charge is 0.295 e. The summed E-state index contributed by atoms with van der Waals surface area (Å²) in [6, 6.07) is 45.7. The summed E-state index contributed by atoms with van der Waals surface area (Å²) in [4.78, 5) is 9.83. The van der Waals surface area contributed by atoms with Crippen molar-refractivity contribution in [1.82, 2.24) is 4.98 Å². The molecular formula is C32H20N2Pt. The maximum atomic E-state index is 4.95. The zero-order valence-corrected chi connectivity index (χ0v) is 21.0. The quantitative estimate of drug-likeness (QED) is 0.143. The summed E-state index contributed by atoms with van der Waals surface area (Å²) in [6.07, 6.45) is 1.85. The van der Waals surface area contributed by atoms with Gasteiger partial charge in [-0.3, -0.25) is 9.98 Å². The van der Waals surface area contributed by atoms with Crippen LogP contribution >= 0.6 is 0 Å². The molecule has 0 saturated carbocycles. The van der Waals surface area contributed by atoms with Crippen LogP contribution in [0.15, 0.2) is 120 Å². The summed E-state index contributed by atoms with van der Waals surface area (Å²) in [7, 11) is 0. The van der Waals surface area contributed by atoms with Crippen LogP contribution in [0, 0.1) is 12.1 Å². The van der Waals surface area contributed by atoms with Crippen molar-refractivity contribution in [3.8, 4) is 22.4 Å². The molecule has 5 aromatic carbocycles. The fraction of sp³-hybridized carbons (Fsp3) is 0. The number of para-hydroxylation sites is 1. The van der Waals surface area contributed by atoms with Crippen molar-refractivity contribution in [3.63, 3.8) is 0 Å². The predicted octanol–water partition coefficient (Wildman–Crippen LogP) is 8.07. The number of pyridine rings is 1. The van der Waals surface area contributed by atoms with Gasteiger partial charge in [0.15, 0.2) is 0 Å². The topological polar surface area (TPSA) is 25.2 Å². The van der Waals surface area contributed by atoms with Gasteiger partial charge in [0.1, 0.15) is 0 Å². The summed E-state index contributed by atoms with van der Waals surface area (Å²) < 4.78 is 0. The molecule has 6 aromatic rings. The first-order valence-electron chi connectivity index (χ1n) is 11.3. The molecule has 2 nitrogen and oxygen atoms in total. The SMILES string of the molecule is [Pt+2].[c-]1ccccc1-c1nc(C=Nc2ccccc2-c2[c-]ccc3ccccc23)cc2ccccc12. The Hall–Kier alpha value is -3.87. The molecule has 0 unspecified atom stereocenters.